The molecule has 2 N–H and O–H groups in total. The molecule has 0 radical (unpaired) electrons. The lowest BCUT2D eigenvalue weighted by molar-refractivity contribution is -0.137. The van der Waals surface area contributed by atoms with Crippen LogP contribution in [0, 0.1) is 12.8 Å². The number of aromatic nitrogens is 3. The van der Waals surface area contributed by atoms with Gasteiger partial charge in [-0.05, 0) is 54.7 Å². The number of aryl methyl sites for hydroxylation is 1. The summed E-state index contributed by atoms with van der Waals surface area (Å²) in [5.74, 6) is 1.25. The minimum Gasteiger partial charge on any atom is -0.352 e. The van der Waals surface area contributed by atoms with Gasteiger partial charge in [0.25, 0.3) is 0 Å². The highest BCUT2D eigenvalue weighted by molar-refractivity contribution is 7.15. The van der Waals surface area contributed by atoms with Gasteiger partial charge in [-0.25, -0.2) is 0 Å². The first-order chi connectivity index (χ1) is 18.2. The topological polar surface area (TPSA) is 71.8 Å². The van der Waals surface area contributed by atoms with Gasteiger partial charge < -0.3 is 5.32 Å². The summed E-state index contributed by atoms with van der Waals surface area (Å²) < 4.78 is 40.6. The van der Waals surface area contributed by atoms with E-state index in [0.29, 0.717) is 30.0 Å². The standard InChI is InChI=1S/C27H23ClF3N5OS/c1-14-34-35-22-13-32-24(18-4-2-3-5-20(18)28)23-19-10-16(11-21(19)38-26(23)36(14)22)25(37)33-12-15-6-8-17(9-7-15)27(29,30)31/h2-9,16,24,32H,10-13H2,1H3,(H,33,37)/t16-,24+/m0/s1. The molecule has 2 aliphatic rings. The molecule has 196 valence electrons. The predicted octanol–water partition coefficient (Wildman–Crippen LogP) is 5.53. The molecule has 4 aromatic rings. The molecule has 1 amide bonds. The number of nitrogens with one attached hydrogen (secondary N) is 2. The Labute approximate surface area is 225 Å². The number of fused-ring (bicyclic) bond motifs is 5. The number of carbonyl (C=O) groups is 1. The van der Waals surface area contributed by atoms with Gasteiger partial charge in [-0.2, -0.15) is 13.2 Å². The lowest BCUT2D eigenvalue weighted by atomic mass is 9.94. The summed E-state index contributed by atoms with van der Waals surface area (Å²) in [5.41, 5.74) is 3.10. The molecular formula is C27H23ClF3N5OS. The van der Waals surface area contributed by atoms with Crippen LogP contribution >= 0.6 is 22.9 Å². The molecule has 0 saturated heterocycles. The maximum absolute atomic E-state index is 13.1. The summed E-state index contributed by atoms with van der Waals surface area (Å²) in [7, 11) is 0. The van der Waals surface area contributed by atoms with Crippen LogP contribution in [-0.2, 0) is 36.9 Å². The zero-order chi connectivity index (χ0) is 26.6. The van der Waals surface area contributed by atoms with Gasteiger partial charge in [-0.15, -0.1) is 21.5 Å². The summed E-state index contributed by atoms with van der Waals surface area (Å²) in [6.45, 7) is 2.62. The van der Waals surface area contributed by atoms with Gasteiger partial charge in [0.1, 0.15) is 10.8 Å². The third-order valence-electron chi connectivity index (χ3n) is 7.18. The van der Waals surface area contributed by atoms with Crippen molar-refractivity contribution in [1.29, 1.82) is 0 Å². The Bertz CT molecular complexity index is 1530. The molecule has 2 aromatic heterocycles. The molecule has 0 spiro atoms. The number of rotatable bonds is 4. The molecule has 2 atom stereocenters. The van der Waals surface area contributed by atoms with E-state index < -0.39 is 11.7 Å². The summed E-state index contributed by atoms with van der Waals surface area (Å²) in [6.07, 6.45) is -3.22. The maximum Gasteiger partial charge on any atom is 0.416 e. The monoisotopic (exact) mass is 557 g/mol. The van der Waals surface area contributed by atoms with Crippen LogP contribution in [0.4, 0.5) is 13.2 Å². The fraction of sp³-hybridized carbons (Fsp3) is 0.296. The smallest absolute Gasteiger partial charge is 0.352 e. The van der Waals surface area contributed by atoms with Crippen LogP contribution in [0.25, 0.3) is 5.00 Å². The number of hydrogen-bond acceptors (Lipinski definition) is 5. The first-order valence-electron chi connectivity index (χ1n) is 12.2. The Morgan fingerprint density at radius 1 is 1.16 bits per heavy atom. The Hall–Kier alpha value is -3.21. The Morgan fingerprint density at radius 2 is 1.92 bits per heavy atom. The summed E-state index contributed by atoms with van der Waals surface area (Å²) in [4.78, 5) is 14.3. The number of amides is 1. The van der Waals surface area contributed by atoms with Crippen molar-refractivity contribution < 1.29 is 18.0 Å². The molecule has 0 saturated carbocycles. The highest BCUT2D eigenvalue weighted by Crippen LogP contribution is 2.47. The first kappa shape index (κ1) is 25.1. The SMILES string of the molecule is Cc1nnc2n1-c1sc3c(c1[C@@H](c1ccccc1Cl)NC2)C[C@H](C(=O)NCc1ccc(C(F)(F)F)cc1)C3. The third-order valence-corrected chi connectivity index (χ3v) is 8.78. The fourth-order valence-electron chi connectivity index (χ4n) is 5.29. The van der Waals surface area contributed by atoms with E-state index in [2.05, 4.69) is 25.4 Å². The van der Waals surface area contributed by atoms with Crippen molar-refractivity contribution in [2.75, 3.05) is 0 Å². The minimum atomic E-state index is -4.39. The first-order valence-corrected chi connectivity index (χ1v) is 13.4. The van der Waals surface area contributed by atoms with Gasteiger partial charge in [-0.1, -0.05) is 41.9 Å². The quantitative estimate of drug-likeness (QED) is 0.346. The van der Waals surface area contributed by atoms with Crippen molar-refractivity contribution in [3.63, 3.8) is 0 Å². The zero-order valence-corrected chi connectivity index (χ0v) is 21.8. The second-order valence-electron chi connectivity index (χ2n) is 9.57. The number of hydrogen-bond donors (Lipinski definition) is 2. The van der Waals surface area contributed by atoms with Crippen molar-refractivity contribution in [3.05, 3.63) is 97.9 Å². The van der Waals surface area contributed by atoms with E-state index in [1.54, 1.807) is 11.3 Å². The molecule has 38 heavy (non-hydrogen) atoms. The second-order valence-corrected chi connectivity index (χ2v) is 11.1. The van der Waals surface area contributed by atoms with Gasteiger partial charge >= 0.3 is 6.18 Å². The number of alkyl halides is 3. The summed E-state index contributed by atoms with van der Waals surface area (Å²) >= 11 is 8.28. The average Bonchev–Trinajstić information content (AvgIpc) is 3.53. The van der Waals surface area contributed by atoms with Crippen molar-refractivity contribution in [3.8, 4) is 5.00 Å². The van der Waals surface area contributed by atoms with E-state index in [1.165, 1.54) is 12.1 Å². The van der Waals surface area contributed by atoms with Crippen molar-refractivity contribution >= 4 is 28.8 Å². The van der Waals surface area contributed by atoms with Crippen LogP contribution in [0.3, 0.4) is 0 Å². The second kappa shape index (κ2) is 9.52. The van der Waals surface area contributed by atoms with Crippen LogP contribution in [-0.4, -0.2) is 20.7 Å². The fourth-order valence-corrected chi connectivity index (χ4v) is 7.05. The molecule has 0 fully saturated rings. The zero-order valence-electron chi connectivity index (χ0n) is 20.3. The van der Waals surface area contributed by atoms with Crippen molar-refractivity contribution in [2.45, 2.75) is 45.1 Å². The molecule has 3 heterocycles. The molecule has 6 nitrogen and oxygen atoms in total. The minimum absolute atomic E-state index is 0.112. The Morgan fingerprint density at radius 3 is 2.66 bits per heavy atom. The summed E-state index contributed by atoms with van der Waals surface area (Å²) in [5, 5.41) is 16.9. The Balaban J connectivity index is 1.26. The molecule has 0 unspecified atom stereocenters. The van der Waals surface area contributed by atoms with Crippen molar-refractivity contribution in [1.82, 2.24) is 25.4 Å². The van der Waals surface area contributed by atoms with E-state index in [9.17, 15) is 18.0 Å². The van der Waals surface area contributed by atoms with Crippen LogP contribution in [0.15, 0.2) is 48.5 Å². The molecule has 1 aliphatic heterocycles. The molecule has 1 aliphatic carbocycles. The molecular weight excluding hydrogens is 535 g/mol. The Kier molecular flexibility index (Phi) is 6.28. The lowest BCUT2D eigenvalue weighted by Gasteiger charge is -2.20. The highest BCUT2D eigenvalue weighted by atomic mass is 35.5. The van der Waals surface area contributed by atoms with Gasteiger partial charge in [0.15, 0.2) is 5.82 Å². The third kappa shape index (κ3) is 4.40. The van der Waals surface area contributed by atoms with E-state index in [4.69, 9.17) is 11.6 Å². The molecule has 2 aromatic carbocycles. The van der Waals surface area contributed by atoms with E-state index in [0.717, 1.165) is 50.4 Å². The number of nitrogens with zero attached hydrogens (tertiary/aromatic N) is 3. The van der Waals surface area contributed by atoms with Crippen LogP contribution < -0.4 is 10.6 Å². The van der Waals surface area contributed by atoms with E-state index in [1.807, 2.05) is 31.2 Å². The van der Waals surface area contributed by atoms with Crippen molar-refractivity contribution in [2.24, 2.45) is 5.92 Å². The predicted molar refractivity (Wildman–Crippen MR) is 138 cm³/mol. The largest absolute Gasteiger partial charge is 0.416 e. The van der Waals surface area contributed by atoms with Crippen LogP contribution in [0.1, 0.15) is 50.4 Å². The molecule has 11 heteroatoms. The van der Waals surface area contributed by atoms with Gasteiger partial charge in [0, 0.05) is 27.9 Å². The van der Waals surface area contributed by atoms with E-state index >= 15 is 0 Å². The molecule has 6 rings (SSSR count). The lowest BCUT2D eigenvalue weighted by Crippen LogP contribution is -2.31. The molecule has 0 bridgehead atoms. The van der Waals surface area contributed by atoms with Gasteiger partial charge in [0.05, 0.1) is 18.2 Å². The van der Waals surface area contributed by atoms with Crippen LogP contribution in [0.5, 0.6) is 0 Å². The number of halogens is 4. The average molecular weight is 558 g/mol. The highest BCUT2D eigenvalue weighted by Gasteiger charge is 2.38. The maximum atomic E-state index is 13.1. The van der Waals surface area contributed by atoms with Gasteiger partial charge in [-0.3, -0.25) is 14.7 Å². The number of benzene rings is 2. The van der Waals surface area contributed by atoms with Gasteiger partial charge in [0.2, 0.25) is 5.91 Å². The van der Waals surface area contributed by atoms with E-state index in [-0.39, 0.29) is 24.4 Å². The summed E-state index contributed by atoms with van der Waals surface area (Å²) in [6, 6.07) is 12.4. The normalized spacial score (nSPS) is 18.4. The number of thiophene rings is 1. The van der Waals surface area contributed by atoms with Crippen LogP contribution in [0.2, 0.25) is 5.02 Å². The number of carbonyl (C=O) groups excluding carboxylic acids is 1.